The summed E-state index contributed by atoms with van der Waals surface area (Å²) in [5.74, 6) is 0. The molecule has 23 heavy (non-hydrogen) atoms. The maximum atomic E-state index is 9.22. The lowest BCUT2D eigenvalue weighted by atomic mass is 9.92. The van der Waals surface area contributed by atoms with Gasteiger partial charge < -0.3 is 15.5 Å². The SMILES string of the molecule is OCC(CO)NCc1ccc2ccc3cccc4ccc1c2c34. The van der Waals surface area contributed by atoms with Crippen LogP contribution in [0.25, 0.3) is 32.3 Å². The van der Waals surface area contributed by atoms with Crippen molar-refractivity contribution in [2.45, 2.75) is 12.6 Å². The Kier molecular flexibility index (Phi) is 3.62. The van der Waals surface area contributed by atoms with Crippen molar-refractivity contribution in [2.24, 2.45) is 0 Å². The topological polar surface area (TPSA) is 52.5 Å². The van der Waals surface area contributed by atoms with E-state index in [4.69, 9.17) is 0 Å². The van der Waals surface area contributed by atoms with Crippen LogP contribution in [0.2, 0.25) is 0 Å². The van der Waals surface area contributed by atoms with Crippen molar-refractivity contribution in [1.82, 2.24) is 5.32 Å². The monoisotopic (exact) mass is 305 g/mol. The number of aliphatic hydroxyl groups is 2. The first kappa shape index (κ1) is 14.4. The number of aliphatic hydroxyl groups excluding tert-OH is 2. The molecular formula is C20H19NO2. The van der Waals surface area contributed by atoms with Gasteiger partial charge in [-0.25, -0.2) is 0 Å². The second-order valence-corrected chi connectivity index (χ2v) is 6.02. The van der Waals surface area contributed by atoms with Gasteiger partial charge in [-0.05, 0) is 37.9 Å². The summed E-state index contributed by atoms with van der Waals surface area (Å²) in [4.78, 5) is 0. The van der Waals surface area contributed by atoms with Crippen molar-refractivity contribution in [3.05, 3.63) is 60.2 Å². The highest BCUT2D eigenvalue weighted by Crippen LogP contribution is 2.35. The summed E-state index contributed by atoms with van der Waals surface area (Å²) in [6, 6.07) is 19.1. The molecule has 0 radical (unpaired) electrons. The van der Waals surface area contributed by atoms with Crippen molar-refractivity contribution in [3.63, 3.8) is 0 Å². The summed E-state index contributed by atoms with van der Waals surface area (Å²) >= 11 is 0. The normalized spacial score (nSPS) is 12.1. The Morgan fingerprint density at radius 1 is 0.739 bits per heavy atom. The first-order valence-corrected chi connectivity index (χ1v) is 7.92. The number of nitrogens with one attached hydrogen (secondary N) is 1. The molecule has 0 heterocycles. The summed E-state index contributed by atoms with van der Waals surface area (Å²) in [6.07, 6.45) is 0. The molecule has 4 aromatic carbocycles. The number of hydrogen-bond acceptors (Lipinski definition) is 3. The van der Waals surface area contributed by atoms with E-state index >= 15 is 0 Å². The van der Waals surface area contributed by atoms with E-state index in [1.54, 1.807) is 0 Å². The number of rotatable bonds is 5. The van der Waals surface area contributed by atoms with Crippen molar-refractivity contribution in [1.29, 1.82) is 0 Å². The van der Waals surface area contributed by atoms with Gasteiger partial charge in [-0.15, -0.1) is 0 Å². The molecule has 0 unspecified atom stereocenters. The third kappa shape index (κ3) is 2.34. The minimum absolute atomic E-state index is 0.0671. The molecule has 0 atom stereocenters. The summed E-state index contributed by atoms with van der Waals surface area (Å²) in [5.41, 5.74) is 1.18. The molecule has 0 aliphatic carbocycles. The van der Waals surface area contributed by atoms with Gasteiger partial charge in [-0.1, -0.05) is 54.6 Å². The molecule has 116 valence electrons. The second-order valence-electron chi connectivity index (χ2n) is 6.02. The van der Waals surface area contributed by atoms with Crippen molar-refractivity contribution < 1.29 is 10.2 Å². The van der Waals surface area contributed by atoms with Gasteiger partial charge in [0, 0.05) is 6.54 Å². The van der Waals surface area contributed by atoms with E-state index in [1.807, 2.05) is 0 Å². The highest BCUT2D eigenvalue weighted by Gasteiger charge is 2.11. The quantitative estimate of drug-likeness (QED) is 0.497. The lowest BCUT2D eigenvalue weighted by molar-refractivity contribution is 0.170. The van der Waals surface area contributed by atoms with Crippen LogP contribution >= 0.6 is 0 Å². The van der Waals surface area contributed by atoms with E-state index in [0.29, 0.717) is 6.54 Å². The molecule has 4 rings (SSSR count). The van der Waals surface area contributed by atoms with Crippen molar-refractivity contribution in [2.75, 3.05) is 13.2 Å². The Morgan fingerprint density at radius 2 is 1.35 bits per heavy atom. The van der Waals surface area contributed by atoms with Gasteiger partial charge in [0.05, 0.1) is 19.3 Å². The van der Waals surface area contributed by atoms with Crippen LogP contribution in [0, 0.1) is 0 Å². The third-order valence-corrected chi connectivity index (χ3v) is 4.64. The molecule has 0 amide bonds. The van der Waals surface area contributed by atoms with E-state index in [-0.39, 0.29) is 19.3 Å². The molecule has 3 nitrogen and oxygen atoms in total. The average Bonchev–Trinajstić information content (AvgIpc) is 2.61. The molecule has 0 saturated heterocycles. The van der Waals surface area contributed by atoms with Gasteiger partial charge in [0.15, 0.2) is 0 Å². The Balaban J connectivity index is 1.89. The van der Waals surface area contributed by atoms with Gasteiger partial charge in [0.2, 0.25) is 0 Å². The molecule has 0 aliphatic rings. The van der Waals surface area contributed by atoms with Gasteiger partial charge in [0.25, 0.3) is 0 Å². The Bertz CT molecular complexity index is 944. The van der Waals surface area contributed by atoms with E-state index in [2.05, 4.69) is 59.9 Å². The van der Waals surface area contributed by atoms with Crippen LogP contribution in [0.1, 0.15) is 5.56 Å². The Hall–Kier alpha value is -2.20. The standard InChI is InChI=1S/C20H19NO2/c22-11-17(12-23)21-10-16-7-6-15-5-4-13-2-1-3-14-8-9-18(16)20(15)19(13)14/h1-9,17,21-23H,10-12H2. The van der Waals surface area contributed by atoms with Crippen LogP contribution in [-0.2, 0) is 6.54 Å². The van der Waals surface area contributed by atoms with Gasteiger partial charge in [0.1, 0.15) is 0 Å². The molecule has 0 fully saturated rings. The summed E-state index contributed by atoms with van der Waals surface area (Å²) in [6.45, 7) is 0.491. The fraction of sp³-hybridized carbons (Fsp3) is 0.200. The maximum absolute atomic E-state index is 9.22. The summed E-state index contributed by atoms with van der Waals surface area (Å²) < 4.78 is 0. The Labute approximate surface area is 134 Å². The molecule has 0 spiro atoms. The molecule has 3 N–H and O–H groups in total. The fourth-order valence-electron chi connectivity index (χ4n) is 3.39. The van der Waals surface area contributed by atoms with Gasteiger partial charge in [-0.3, -0.25) is 0 Å². The van der Waals surface area contributed by atoms with Gasteiger partial charge >= 0.3 is 0 Å². The smallest absolute Gasteiger partial charge is 0.0607 e. The highest BCUT2D eigenvalue weighted by molar-refractivity contribution is 6.23. The zero-order valence-corrected chi connectivity index (χ0v) is 12.8. The zero-order valence-electron chi connectivity index (χ0n) is 12.8. The molecular weight excluding hydrogens is 286 g/mol. The first-order valence-electron chi connectivity index (χ1n) is 7.92. The van der Waals surface area contributed by atoms with Crippen molar-refractivity contribution >= 4 is 32.3 Å². The fourth-order valence-corrected chi connectivity index (χ4v) is 3.39. The maximum Gasteiger partial charge on any atom is 0.0607 e. The van der Waals surface area contributed by atoms with Crippen molar-refractivity contribution in [3.8, 4) is 0 Å². The summed E-state index contributed by atoms with van der Waals surface area (Å²) in [7, 11) is 0. The molecule has 0 saturated carbocycles. The van der Waals surface area contributed by atoms with Crippen LogP contribution in [0.3, 0.4) is 0 Å². The molecule has 3 heteroatoms. The predicted octanol–water partition coefficient (Wildman–Crippen LogP) is 3.03. The average molecular weight is 305 g/mol. The minimum atomic E-state index is -0.284. The van der Waals surface area contributed by atoms with E-state index in [1.165, 1.54) is 37.9 Å². The molecule has 4 aromatic rings. The van der Waals surface area contributed by atoms with E-state index < -0.39 is 0 Å². The van der Waals surface area contributed by atoms with Crippen LogP contribution in [0.4, 0.5) is 0 Å². The second kappa shape index (κ2) is 5.78. The summed E-state index contributed by atoms with van der Waals surface area (Å²) in [5, 5.41) is 29.2. The molecule has 0 aliphatic heterocycles. The van der Waals surface area contributed by atoms with Crippen LogP contribution < -0.4 is 5.32 Å². The number of hydrogen-bond donors (Lipinski definition) is 3. The van der Waals surface area contributed by atoms with Crippen LogP contribution in [0.5, 0.6) is 0 Å². The van der Waals surface area contributed by atoms with Crippen LogP contribution in [-0.4, -0.2) is 29.5 Å². The largest absolute Gasteiger partial charge is 0.395 e. The van der Waals surface area contributed by atoms with E-state index in [9.17, 15) is 10.2 Å². The molecule has 0 bridgehead atoms. The third-order valence-electron chi connectivity index (χ3n) is 4.64. The van der Waals surface area contributed by atoms with E-state index in [0.717, 1.165) is 0 Å². The first-order chi connectivity index (χ1) is 11.3. The highest BCUT2D eigenvalue weighted by atomic mass is 16.3. The predicted molar refractivity (Wildman–Crippen MR) is 94.9 cm³/mol. The zero-order chi connectivity index (χ0) is 15.8. The number of benzene rings is 4. The molecule has 0 aromatic heterocycles. The minimum Gasteiger partial charge on any atom is -0.395 e. The Morgan fingerprint density at radius 3 is 2.04 bits per heavy atom. The van der Waals surface area contributed by atoms with Crippen LogP contribution in [0.15, 0.2) is 54.6 Å². The lowest BCUT2D eigenvalue weighted by Gasteiger charge is -2.17. The lowest BCUT2D eigenvalue weighted by Crippen LogP contribution is -2.35. The van der Waals surface area contributed by atoms with Gasteiger partial charge in [-0.2, -0.15) is 0 Å².